The van der Waals surface area contributed by atoms with Gasteiger partial charge in [-0.05, 0) is 31.2 Å². The van der Waals surface area contributed by atoms with Crippen LogP contribution < -0.4 is 10.2 Å². The molecule has 0 aromatic heterocycles. The number of ketones is 1. The van der Waals surface area contributed by atoms with Crippen LogP contribution in [0, 0.1) is 0 Å². The Hall–Kier alpha value is -1.84. The molecule has 4 heteroatoms. The first-order valence-corrected chi connectivity index (χ1v) is 5.05. The van der Waals surface area contributed by atoms with Crippen molar-refractivity contribution in [3.05, 3.63) is 24.3 Å². The summed E-state index contributed by atoms with van der Waals surface area (Å²) >= 11 is 0. The number of amides is 1. The highest BCUT2D eigenvalue weighted by molar-refractivity contribution is 6.03. The fraction of sp³-hybridized carbons (Fsp3) is 0.333. The summed E-state index contributed by atoms with van der Waals surface area (Å²) in [5, 5.41) is 2.66. The molecule has 0 heterocycles. The number of Topliss-reactive ketones (excluding diaryl/α,β-unsaturated/α-hetero) is 1. The minimum Gasteiger partial charge on any atom is -0.378 e. The molecule has 0 fully saturated rings. The van der Waals surface area contributed by atoms with Gasteiger partial charge in [-0.2, -0.15) is 0 Å². The van der Waals surface area contributed by atoms with Crippen LogP contribution in [0.25, 0.3) is 0 Å². The van der Waals surface area contributed by atoms with E-state index in [-0.39, 0.29) is 18.1 Å². The van der Waals surface area contributed by atoms with Crippen molar-refractivity contribution in [3.8, 4) is 0 Å². The quantitative estimate of drug-likeness (QED) is 0.785. The third-order valence-electron chi connectivity index (χ3n) is 2.08. The monoisotopic (exact) mass is 220 g/mol. The highest BCUT2D eigenvalue weighted by Crippen LogP contribution is 2.15. The first kappa shape index (κ1) is 12.2. The Morgan fingerprint density at radius 1 is 1.19 bits per heavy atom. The first-order chi connectivity index (χ1) is 7.49. The van der Waals surface area contributed by atoms with Crippen molar-refractivity contribution in [1.82, 2.24) is 0 Å². The van der Waals surface area contributed by atoms with Crippen molar-refractivity contribution in [2.45, 2.75) is 13.3 Å². The van der Waals surface area contributed by atoms with Gasteiger partial charge in [-0.1, -0.05) is 0 Å². The second kappa shape index (κ2) is 5.30. The van der Waals surface area contributed by atoms with Crippen LogP contribution in [0.15, 0.2) is 24.3 Å². The molecule has 1 N–H and O–H groups in total. The highest BCUT2D eigenvalue weighted by atomic mass is 16.2. The number of anilines is 2. The van der Waals surface area contributed by atoms with E-state index < -0.39 is 0 Å². The smallest absolute Gasteiger partial charge is 0.231 e. The minimum absolute atomic E-state index is 0.0740. The number of hydrogen-bond acceptors (Lipinski definition) is 3. The van der Waals surface area contributed by atoms with E-state index in [0.717, 1.165) is 5.69 Å². The molecule has 1 rings (SSSR count). The SMILES string of the molecule is CC(=O)CC(=O)Nc1ccc(N(C)C)cc1. The van der Waals surface area contributed by atoms with Gasteiger partial charge in [-0.3, -0.25) is 9.59 Å². The average molecular weight is 220 g/mol. The highest BCUT2D eigenvalue weighted by Gasteiger charge is 2.05. The Morgan fingerprint density at radius 2 is 1.75 bits per heavy atom. The van der Waals surface area contributed by atoms with Crippen molar-refractivity contribution >= 4 is 23.1 Å². The Bertz CT molecular complexity index is 383. The van der Waals surface area contributed by atoms with Gasteiger partial charge in [0.1, 0.15) is 5.78 Å². The predicted molar refractivity (Wildman–Crippen MR) is 64.7 cm³/mol. The summed E-state index contributed by atoms with van der Waals surface area (Å²) in [5.41, 5.74) is 1.77. The Balaban J connectivity index is 2.62. The summed E-state index contributed by atoms with van der Waals surface area (Å²) < 4.78 is 0. The standard InChI is InChI=1S/C12H16N2O2/c1-9(15)8-12(16)13-10-4-6-11(7-5-10)14(2)3/h4-7H,8H2,1-3H3,(H,13,16). The molecule has 0 aliphatic heterocycles. The number of carbonyl (C=O) groups is 2. The molecule has 1 amide bonds. The zero-order valence-corrected chi connectivity index (χ0v) is 9.78. The van der Waals surface area contributed by atoms with Gasteiger partial charge >= 0.3 is 0 Å². The van der Waals surface area contributed by atoms with Crippen LogP contribution in [0.4, 0.5) is 11.4 Å². The number of hydrogen-bond donors (Lipinski definition) is 1. The lowest BCUT2D eigenvalue weighted by Crippen LogP contribution is -2.15. The van der Waals surface area contributed by atoms with E-state index in [9.17, 15) is 9.59 Å². The fourth-order valence-corrected chi connectivity index (χ4v) is 1.27. The topological polar surface area (TPSA) is 49.4 Å². The van der Waals surface area contributed by atoms with E-state index in [1.165, 1.54) is 6.92 Å². The van der Waals surface area contributed by atoms with Crippen LogP contribution in [0.2, 0.25) is 0 Å². The number of carbonyl (C=O) groups excluding carboxylic acids is 2. The molecule has 0 saturated carbocycles. The van der Waals surface area contributed by atoms with Crippen LogP contribution in [-0.2, 0) is 9.59 Å². The summed E-state index contributed by atoms with van der Waals surface area (Å²) in [6.45, 7) is 1.40. The van der Waals surface area contributed by atoms with Gasteiger partial charge < -0.3 is 10.2 Å². The molecule has 0 spiro atoms. The lowest BCUT2D eigenvalue weighted by molar-refractivity contribution is -0.124. The molecule has 4 nitrogen and oxygen atoms in total. The maximum absolute atomic E-state index is 11.3. The molecule has 0 saturated heterocycles. The van der Waals surface area contributed by atoms with Crippen molar-refractivity contribution in [3.63, 3.8) is 0 Å². The van der Waals surface area contributed by atoms with Crippen molar-refractivity contribution in [2.24, 2.45) is 0 Å². The molecule has 0 aliphatic carbocycles. The first-order valence-electron chi connectivity index (χ1n) is 5.05. The molecule has 0 bridgehead atoms. The molecule has 0 unspecified atom stereocenters. The normalized spacial score (nSPS) is 9.69. The maximum Gasteiger partial charge on any atom is 0.231 e. The predicted octanol–water partition coefficient (Wildman–Crippen LogP) is 1.67. The second-order valence-corrected chi connectivity index (χ2v) is 3.87. The van der Waals surface area contributed by atoms with Crippen molar-refractivity contribution in [2.75, 3.05) is 24.3 Å². The summed E-state index contributed by atoms with van der Waals surface area (Å²) in [6, 6.07) is 7.44. The van der Waals surface area contributed by atoms with Crippen LogP contribution in [0.3, 0.4) is 0 Å². The largest absolute Gasteiger partial charge is 0.378 e. The van der Waals surface area contributed by atoms with Gasteiger partial charge in [0.25, 0.3) is 0 Å². The Kier molecular flexibility index (Phi) is 4.05. The summed E-state index contributed by atoms with van der Waals surface area (Å²) in [4.78, 5) is 24.0. The van der Waals surface area contributed by atoms with Crippen molar-refractivity contribution < 1.29 is 9.59 Å². The Morgan fingerprint density at radius 3 is 2.19 bits per heavy atom. The molecule has 0 atom stereocenters. The summed E-state index contributed by atoms with van der Waals surface area (Å²) in [7, 11) is 3.90. The molecule has 0 aliphatic rings. The molecule has 1 aromatic carbocycles. The molecule has 16 heavy (non-hydrogen) atoms. The second-order valence-electron chi connectivity index (χ2n) is 3.87. The maximum atomic E-state index is 11.3. The number of rotatable bonds is 4. The number of nitrogens with zero attached hydrogens (tertiary/aromatic N) is 1. The zero-order chi connectivity index (χ0) is 12.1. The third-order valence-corrected chi connectivity index (χ3v) is 2.08. The molecule has 1 aromatic rings. The van der Waals surface area contributed by atoms with E-state index in [1.807, 2.05) is 43.3 Å². The van der Waals surface area contributed by atoms with E-state index in [1.54, 1.807) is 0 Å². The third kappa shape index (κ3) is 3.73. The lowest BCUT2D eigenvalue weighted by Gasteiger charge is -2.12. The van der Waals surface area contributed by atoms with E-state index in [2.05, 4.69) is 5.32 Å². The van der Waals surface area contributed by atoms with Crippen LogP contribution in [-0.4, -0.2) is 25.8 Å². The van der Waals surface area contributed by atoms with Gasteiger partial charge in [0.2, 0.25) is 5.91 Å². The van der Waals surface area contributed by atoms with Gasteiger partial charge in [0, 0.05) is 25.5 Å². The van der Waals surface area contributed by atoms with E-state index in [4.69, 9.17) is 0 Å². The van der Waals surface area contributed by atoms with Gasteiger partial charge in [0.15, 0.2) is 0 Å². The van der Waals surface area contributed by atoms with Crippen LogP contribution in [0.1, 0.15) is 13.3 Å². The molecular weight excluding hydrogens is 204 g/mol. The Labute approximate surface area is 95.3 Å². The summed E-state index contributed by atoms with van der Waals surface area (Å²) in [6.07, 6.45) is -0.0740. The van der Waals surface area contributed by atoms with Crippen LogP contribution >= 0.6 is 0 Å². The average Bonchev–Trinajstić information content (AvgIpc) is 2.16. The van der Waals surface area contributed by atoms with Gasteiger partial charge in [0.05, 0.1) is 6.42 Å². The van der Waals surface area contributed by atoms with Gasteiger partial charge in [-0.15, -0.1) is 0 Å². The van der Waals surface area contributed by atoms with Crippen molar-refractivity contribution in [1.29, 1.82) is 0 Å². The molecular formula is C12H16N2O2. The van der Waals surface area contributed by atoms with Gasteiger partial charge in [-0.25, -0.2) is 0 Å². The number of nitrogens with one attached hydrogen (secondary N) is 1. The van der Waals surface area contributed by atoms with Crippen LogP contribution in [0.5, 0.6) is 0 Å². The minimum atomic E-state index is -0.273. The lowest BCUT2D eigenvalue weighted by atomic mass is 10.2. The zero-order valence-electron chi connectivity index (χ0n) is 9.78. The van der Waals surface area contributed by atoms with E-state index in [0.29, 0.717) is 5.69 Å². The number of benzene rings is 1. The molecule has 86 valence electrons. The summed E-state index contributed by atoms with van der Waals surface area (Å²) in [5.74, 6) is -0.410. The fourth-order valence-electron chi connectivity index (χ4n) is 1.27. The molecule has 0 radical (unpaired) electrons. The van der Waals surface area contributed by atoms with E-state index >= 15 is 0 Å².